The largest absolute Gasteiger partial charge is 0.457 e. The lowest BCUT2D eigenvalue weighted by Crippen LogP contribution is -2.27. The lowest BCUT2D eigenvalue weighted by atomic mass is 10.1. The summed E-state index contributed by atoms with van der Waals surface area (Å²) in [6, 6.07) is 13.1. The number of hydrogen-bond donors (Lipinski definition) is 0. The molecule has 2 aliphatic heterocycles. The molecule has 10 heteroatoms. The molecular formula is C22H12F3NO4S2. The van der Waals surface area contributed by atoms with Crippen molar-refractivity contribution < 1.29 is 31.9 Å². The molecule has 1 aromatic heterocycles. The summed E-state index contributed by atoms with van der Waals surface area (Å²) in [7, 11) is 0. The molecule has 0 aliphatic carbocycles. The summed E-state index contributed by atoms with van der Waals surface area (Å²) in [6.07, 6.45) is -3.05. The van der Waals surface area contributed by atoms with Crippen LogP contribution in [0, 0.1) is 0 Å². The van der Waals surface area contributed by atoms with Crippen LogP contribution in [0.25, 0.3) is 17.4 Å². The highest BCUT2D eigenvalue weighted by atomic mass is 32.2. The Balaban J connectivity index is 1.43. The quantitative estimate of drug-likeness (QED) is 0.337. The van der Waals surface area contributed by atoms with Gasteiger partial charge in [-0.25, -0.2) is 0 Å². The first-order valence-electron chi connectivity index (χ1n) is 9.25. The Kier molecular flexibility index (Phi) is 4.98. The van der Waals surface area contributed by atoms with Gasteiger partial charge in [0.25, 0.3) is 5.91 Å². The van der Waals surface area contributed by atoms with Crippen molar-refractivity contribution >= 4 is 46.0 Å². The molecule has 0 atom stereocenters. The number of anilines is 1. The van der Waals surface area contributed by atoms with E-state index in [1.54, 1.807) is 18.2 Å². The summed E-state index contributed by atoms with van der Waals surface area (Å²) in [6.45, 7) is 0.107. The van der Waals surface area contributed by atoms with E-state index >= 15 is 0 Å². The van der Waals surface area contributed by atoms with E-state index in [0.717, 1.165) is 17.8 Å². The zero-order valence-corrected chi connectivity index (χ0v) is 17.6. The van der Waals surface area contributed by atoms with Crippen molar-refractivity contribution in [2.45, 2.75) is 6.18 Å². The van der Waals surface area contributed by atoms with Crippen LogP contribution in [0.1, 0.15) is 11.3 Å². The molecule has 32 heavy (non-hydrogen) atoms. The van der Waals surface area contributed by atoms with Crippen LogP contribution < -0.4 is 14.4 Å². The summed E-state index contributed by atoms with van der Waals surface area (Å²) in [5.74, 6) is 1.02. The summed E-state index contributed by atoms with van der Waals surface area (Å²) in [5, 5.41) is 0. The summed E-state index contributed by atoms with van der Waals surface area (Å²) in [4.78, 5) is 14.6. The molecule has 1 saturated heterocycles. The van der Waals surface area contributed by atoms with E-state index in [1.165, 1.54) is 41.3 Å². The van der Waals surface area contributed by atoms with Gasteiger partial charge in [-0.3, -0.25) is 9.69 Å². The number of halogens is 3. The molecule has 5 nitrogen and oxygen atoms in total. The zero-order chi connectivity index (χ0) is 22.5. The number of nitrogens with zero attached hydrogens (tertiary/aromatic N) is 1. The van der Waals surface area contributed by atoms with E-state index in [2.05, 4.69) is 0 Å². The summed E-state index contributed by atoms with van der Waals surface area (Å²) < 4.78 is 56.5. The number of amides is 1. The van der Waals surface area contributed by atoms with E-state index in [0.29, 0.717) is 21.5 Å². The molecule has 3 heterocycles. The molecule has 162 valence electrons. The predicted octanol–water partition coefficient (Wildman–Crippen LogP) is 6.10. The van der Waals surface area contributed by atoms with Crippen LogP contribution in [0.3, 0.4) is 0 Å². The van der Waals surface area contributed by atoms with Crippen LogP contribution >= 0.6 is 24.0 Å². The number of alkyl halides is 3. The SMILES string of the molecule is O=C1/C(=C\c2ccc(-c3ccccc3C(F)(F)F)o2)SC(=S)N1c1ccc2c(c1)OCO2. The number of hydrogen-bond acceptors (Lipinski definition) is 6. The fraction of sp³-hybridized carbons (Fsp3) is 0.0909. The fourth-order valence-corrected chi connectivity index (χ4v) is 4.64. The Labute approximate surface area is 189 Å². The molecule has 2 aromatic carbocycles. The highest BCUT2D eigenvalue weighted by Crippen LogP contribution is 2.42. The maximum absolute atomic E-state index is 13.3. The van der Waals surface area contributed by atoms with Crippen LogP contribution in [0.4, 0.5) is 18.9 Å². The maximum Gasteiger partial charge on any atom is 0.417 e. The molecule has 0 spiro atoms. The lowest BCUT2D eigenvalue weighted by molar-refractivity contribution is -0.137. The Bertz CT molecular complexity index is 1280. The van der Waals surface area contributed by atoms with Gasteiger partial charge in [-0.15, -0.1) is 0 Å². The molecule has 0 N–H and O–H groups in total. The monoisotopic (exact) mass is 475 g/mol. The minimum atomic E-state index is -4.52. The molecule has 0 bridgehead atoms. The molecule has 0 unspecified atom stereocenters. The third-order valence-electron chi connectivity index (χ3n) is 4.81. The number of benzene rings is 2. The highest BCUT2D eigenvalue weighted by molar-refractivity contribution is 8.27. The first-order valence-corrected chi connectivity index (χ1v) is 10.5. The van der Waals surface area contributed by atoms with Crippen molar-refractivity contribution in [1.82, 2.24) is 0 Å². The van der Waals surface area contributed by atoms with Crippen LogP contribution in [-0.4, -0.2) is 17.0 Å². The third-order valence-corrected chi connectivity index (χ3v) is 6.11. The van der Waals surface area contributed by atoms with Crippen molar-refractivity contribution in [1.29, 1.82) is 0 Å². The fourth-order valence-electron chi connectivity index (χ4n) is 3.36. The number of rotatable bonds is 3. The Morgan fingerprint density at radius 3 is 2.62 bits per heavy atom. The minimum absolute atomic E-state index is 0.0513. The van der Waals surface area contributed by atoms with Gasteiger partial charge in [0.2, 0.25) is 6.79 Å². The van der Waals surface area contributed by atoms with Crippen molar-refractivity contribution in [3.63, 3.8) is 0 Å². The zero-order valence-electron chi connectivity index (χ0n) is 16.0. The number of furan rings is 1. The van der Waals surface area contributed by atoms with Crippen molar-refractivity contribution in [2.24, 2.45) is 0 Å². The van der Waals surface area contributed by atoms with Gasteiger partial charge in [-0.05, 0) is 30.3 Å². The van der Waals surface area contributed by atoms with Gasteiger partial charge in [0, 0.05) is 17.7 Å². The van der Waals surface area contributed by atoms with Crippen molar-refractivity contribution in [3.8, 4) is 22.8 Å². The Morgan fingerprint density at radius 2 is 1.81 bits per heavy atom. The molecular weight excluding hydrogens is 463 g/mol. The topological polar surface area (TPSA) is 51.9 Å². The lowest BCUT2D eigenvalue weighted by Gasteiger charge is -2.14. The predicted molar refractivity (Wildman–Crippen MR) is 117 cm³/mol. The first kappa shape index (κ1) is 20.7. The number of thioether (sulfide) groups is 1. The minimum Gasteiger partial charge on any atom is -0.457 e. The molecule has 0 radical (unpaired) electrons. The van der Waals surface area contributed by atoms with E-state index in [1.807, 2.05) is 0 Å². The number of thiocarbonyl (C=S) groups is 1. The third kappa shape index (κ3) is 3.65. The Hall–Kier alpha value is -3.24. The average Bonchev–Trinajstić information content (AvgIpc) is 3.47. The molecule has 3 aromatic rings. The molecule has 0 saturated carbocycles. The smallest absolute Gasteiger partial charge is 0.417 e. The van der Waals surface area contributed by atoms with Crippen LogP contribution in [0.2, 0.25) is 0 Å². The van der Waals surface area contributed by atoms with E-state index < -0.39 is 11.7 Å². The molecule has 1 fully saturated rings. The Morgan fingerprint density at radius 1 is 1.03 bits per heavy atom. The van der Waals surface area contributed by atoms with Gasteiger partial charge >= 0.3 is 6.18 Å². The number of carbonyl (C=O) groups excluding carboxylic acids is 1. The second-order valence-electron chi connectivity index (χ2n) is 6.80. The van der Waals surface area contributed by atoms with Crippen LogP contribution in [-0.2, 0) is 11.0 Å². The van der Waals surface area contributed by atoms with Gasteiger partial charge in [-0.1, -0.05) is 42.2 Å². The van der Waals surface area contributed by atoms with Gasteiger partial charge in [-0.2, -0.15) is 13.2 Å². The normalized spacial score (nSPS) is 17.0. The standard InChI is InChI=1S/C22H12F3NO4S2/c23-22(24,25)15-4-2-1-3-14(15)16-8-6-13(30-16)10-19-20(27)26(21(31)32-19)12-5-7-17-18(9-12)29-11-28-17/h1-10H,11H2/b19-10+. The second-order valence-corrected chi connectivity index (χ2v) is 8.48. The summed E-state index contributed by atoms with van der Waals surface area (Å²) in [5.41, 5.74) is -0.345. The number of ether oxygens (including phenoxy) is 2. The molecule has 2 aliphatic rings. The van der Waals surface area contributed by atoms with Crippen molar-refractivity contribution in [3.05, 3.63) is 70.8 Å². The van der Waals surface area contributed by atoms with Crippen LogP contribution in [0.15, 0.2) is 63.9 Å². The highest BCUT2D eigenvalue weighted by Gasteiger charge is 2.35. The molecule has 1 amide bonds. The number of carbonyl (C=O) groups is 1. The van der Waals surface area contributed by atoms with Crippen LogP contribution in [0.5, 0.6) is 11.5 Å². The molecule has 5 rings (SSSR count). The van der Waals surface area contributed by atoms with Gasteiger partial charge < -0.3 is 13.9 Å². The average molecular weight is 475 g/mol. The summed E-state index contributed by atoms with van der Waals surface area (Å²) >= 11 is 6.43. The van der Waals surface area contributed by atoms with E-state index in [4.69, 9.17) is 26.1 Å². The van der Waals surface area contributed by atoms with Gasteiger partial charge in [0.15, 0.2) is 15.8 Å². The number of fused-ring (bicyclic) bond motifs is 1. The van der Waals surface area contributed by atoms with E-state index in [-0.39, 0.29) is 34.7 Å². The maximum atomic E-state index is 13.3. The van der Waals surface area contributed by atoms with Gasteiger partial charge in [0.1, 0.15) is 11.5 Å². The first-order chi connectivity index (χ1) is 15.3. The van der Waals surface area contributed by atoms with E-state index in [9.17, 15) is 18.0 Å². The second kappa shape index (κ2) is 7.72. The van der Waals surface area contributed by atoms with Crippen molar-refractivity contribution in [2.75, 3.05) is 11.7 Å². The van der Waals surface area contributed by atoms with Gasteiger partial charge in [0.05, 0.1) is 16.2 Å².